The number of anilines is 1. The molecule has 1 aromatic rings. The quantitative estimate of drug-likeness (QED) is 0.696. The molecule has 3 aliphatic heterocycles. The number of amides is 4. The molecule has 0 saturated carbocycles. The number of ether oxygens (including phenoxy) is 1. The Labute approximate surface area is 167 Å². The summed E-state index contributed by atoms with van der Waals surface area (Å²) in [6.07, 6.45) is -0.426. The number of hydrogen-bond donors (Lipinski definition) is 2. The number of carboxylic acid groups (broad SMARTS) is 1. The third-order valence-corrected chi connectivity index (χ3v) is 5.71. The number of hydrogen-bond acceptors (Lipinski definition) is 6. The number of methoxy groups -OCH3 is 1. The van der Waals surface area contributed by atoms with Crippen LogP contribution in [0.2, 0.25) is 0 Å². The van der Waals surface area contributed by atoms with Gasteiger partial charge in [0.25, 0.3) is 5.91 Å². The molecular formula is C19H22N4O6. The van der Waals surface area contributed by atoms with E-state index in [1.165, 1.54) is 16.9 Å². The van der Waals surface area contributed by atoms with Crippen molar-refractivity contribution in [3.8, 4) is 5.75 Å². The Hall–Kier alpha value is -3.30. The van der Waals surface area contributed by atoms with Crippen molar-refractivity contribution < 1.29 is 29.0 Å². The second-order valence-corrected chi connectivity index (χ2v) is 7.34. The van der Waals surface area contributed by atoms with Gasteiger partial charge in [0.2, 0.25) is 11.8 Å². The van der Waals surface area contributed by atoms with E-state index in [1.54, 1.807) is 6.07 Å². The summed E-state index contributed by atoms with van der Waals surface area (Å²) in [6, 6.07) is 3.00. The molecule has 2 N–H and O–H groups in total. The molecule has 3 heterocycles. The molecule has 0 spiro atoms. The van der Waals surface area contributed by atoms with Crippen molar-refractivity contribution in [3.05, 3.63) is 23.3 Å². The van der Waals surface area contributed by atoms with E-state index in [9.17, 15) is 19.2 Å². The lowest BCUT2D eigenvalue weighted by atomic mass is 10.0. The van der Waals surface area contributed by atoms with Crippen molar-refractivity contribution in [2.24, 2.45) is 0 Å². The Balaban J connectivity index is 1.58. The van der Waals surface area contributed by atoms with E-state index in [4.69, 9.17) is 9.84 Å². The number of benzene rings is 1. The van der Waals surface area contributed by atoms with Crippen LogP contribution < -0.4 is 15.0 Å². The van der Waals surface area contributed by atoms with E-state index in [-0.39, 0.29) is 24.8 Å². The summed E-state index contributed by atoms with van der Waals surface area (Å²) in [7, 11) is 1.49. The van der Waals surface area contributed by atoms with Gasteiger partial charge < -0.3 is 24.5 Å². The zero-order valence-corrected chi connectivity index (χ0v) is 16.0. The van der Waals surface area contributed by atoms with Crippen LogP contribution in [-0.4, -0.2) is 78.1 Å². The highest BCUT2D eigenvalue weighted by Crippen LogP contribution is 2.37. The van der Waals surface area contributed by atoms with E-state index in [0.29, 0.717) is 43.9 Å². The first-order valence-corrected chi connectivity index (χ1v) is 9.47. The van der Waals surface area contributed by atoms with E-state index in [1.807, 2.05) is 6.07 Å². The molecule has 1 atom stereocenters. The van der Waals surface area contributed by atoms with Gasteiger partial charge in [-0.1, -0.05) is 0 Å². The number of piperazine rings is 1. The molecule has 0 aromatic heterocycles. The Kier molecular flexibility index (Phi) is 4.77. The molecular weight excluding hydrogens is 380 g/mol. The van der Waals surface area contributed by atoms with Crippen molar-refractivity contribution >= 4 is 29.5 Å². The highest BCUT2D eigenvalue weighted by atomic mass is 16.5. The highest BCUT2D eigenvalue weighted by Gasteiger charge is 2.41. The van der Waals surface area contributed by atoms with Crippen LogP contribution in [0.4, 0.5) is 10.5 Å². The van der Waals surface area contributed by atoms with Gasteiger partial charge >= 0.3 is 6.09 Å². The second-order valence-electron chi connectivity index (χ2n) is 7.34. The van der Waals surface area contributed by atoms with Crippen LogP contribution in [0, 0.1) is 0 Å². The van der Waals surface area contributed by atoms with E-state index in [0.717, 1.165) is 11.3 Å². The van der Waals surface area contributed by atoms with Crippen LogP contribution >= 0.6 is 0 Å². The predicted molar refractivity (Wildman–Crippen MR) is 101 cm³/mol. The minimum absolute atomic E-state index is 0.201. The van der Waals surface area contributed by atoms with E-state index >= 15 is 0 Å². The fourth-order valence-electron chi connectivity index (χ4n) is 4.15. The van der Waals surface area contributed by atoms with Gasteiger partial charge in [-0.25, -0.2) is 4.79 Å². The Morgan fingerprint density at radius 3 is 2.52 bits per heavy atom. The summed E-state index contributed by atoms with van der Waals surface area (Å²) in [6.45, 7) is 2.14. The number of nitrogens with zero attached hydrogens (tertiary/aromatic N) is 3. The molecule has 0 aliphatic carbocycles. The first kappa shape index (κ1) is 19.0. The van der Waals surface area contributed by atoms with Gasteiger partial charge in [-0.05, 0) is 18.1 Å². The van der Waals surface area contributed by atoms with Crippen LogP contribution in [-0.2, 0) is 16.1 Å². The molecule has 4 rings (SSSR count). The largest absolute Gasteiger partial charge is 0.496 e. The fraction of sp³-hybridized carbons (Fsp3) is 0.474. The number of imide groups is 1. The molecule has 0 radical (unpaired) electrons. The van der Waals surface area contributed by atoms with Gasteiger partial charge in [0.05, 0.1) is 12.7 Å². The van der Waals surface area contributed by atoms with Crippen LogP contribution in [0.3, 0.4) is 0 Å². The minimum atomic E-state index is -0.929. The van der Waals surface area contributed by atoms with Gasteiger partial charge in [0, 0.05) is 50.9 Å². The summed E-state index contributed by atoms with van der Waals surface area (Å²) in [5, 5.41) is 11.4. The monoisotopic (exact) mass is 402 g/mol. The third kappa shape index (κ3) is 3.34. The lowest BCUT2D eigenvalue weighted by molar-refractivity contribution is -0.136. The molecule has 154 valence electrons. The van der Waals surface area contributed by atoms with Crippen molar-refractivity contribution in [3.63, 3.8) is 0 Å². The molecule has 1 aromatic carbocycles. The van der Waals surface area contributed by atoms with Gasteiger partial charge in [-0.2, -0.15) is 0 Å². The standard InChI is InChI=1S/C19H22N4O6/c1-29-14-9-12(21-4-6-22(7-5-21)19(27)28)8-11-10-23(18(26)16(11)14)13-2-3-15(24)20-17(13)25/h8-9,13H,2-7,10H2,1H3,(H,27,28)(H,20,24,25). The molecule has 4 amide bonds. The van der Waals surface area contributed by atoms with Crippen molar-refractivity contribution in [1.82, 2.24) is 15.1 Å². The Morgan fingerprint density at radius 1 is 1.17 bits per heavy atom. The molecule has 0 bridgehead atoms. The van der Waals surface area contributed by atoms with Crippen molar-refractivity contribution in [1.29, 1.82) is 0 Å². The Bertz CT molecular complexity index is 893. The van der Waals surface area contributed by atoms with Gasteiger partial charge in [-0.15, -0.1) is 0 Å². The first-order valence-electron chi connectivity index (χ1n) is 9.47. The topological polar surface area (TPSA) is 119 Å². The maximum Gasteiger partial charge on any atom is 0.407 e. The van der Waals surface area contributed by atoms with Crippen LogP contribution in [0.1, 0.15) is 28.8 Å². The number of carbonyl (C=O) groups excluding carboxylic acids is 3. The molecule has 10 heteroatoms. The average molecular weight is 402 g/mol. The van der Waals surface area contributed by atoms with Crippen LogP contribution in [0.25, 0.3) is 0 Å². The second kappa shape index (κ2) is 7.26. The number of nitrogens with one attached hydrogen (secondary N) is 1. The van der Waals surface area contributed by atoms with Gasteiger partial charge in [0.1, 0.15) is 11.8 Å². The number of piperidine rings is 1. The number of rotatable bonds is 3. The maximum atomic E-state index is 13.0. The molecule has 10 nitrogen and oxygen atoms in total. The summed E-state index contributed by atoms with van der Waals surface area (Å²) < 4.78 is 5.46. The molecule has 3 aliphatic rings. The van der Waals surface area contributed by atoms with E-state index < -0.39 is 18.0 Å². The minimum Gasteiger partial charge on any atom is -0.496 e. The van der Waals surface area contributed by atoms with Crippen LogP contribution in [0.15, 0.2) is 12.1 Å². The average Bonchev–Trinajstić information content (AvgIpc) is 3.03. The van der Waals surface area contributed by atoms with Crippen molar-refractivity contribution in [2.45, 2.75) is 25.4 Å². The smallest absolute Gasteiger partial charge is 0.407 e. The van der Waals surface area contributed by atoms with Gasteiger partial charge in [0.15, 0.2) is 0 Å². The highest BCUT2D eigenvalue weighted by molar-refractivity contribution is 6.06. The normalized spacial score (nSPS) is 21.9. The Morgan fingerprint density at radius 2 is 1.90 bits per heavy atom. The number of fused-ring (bicyclic) bond motifs is 1. The zero-order valence-electron chi connectivity index (χ0n) is 16.0. The SMILES string of the molecule is COc1cc(N2CCN(C(=O)O)CC2)cc2c1C(=O)N(C1CCC(=O)NC1=O)C2. The predicted octanol–water partition coefficient (Wildman–Crippen LogP) is 0.256. The van der Waals surface area contributed by atoms with Crippen LogP contribution in [0.5, 0.6) is 5.75 Å². The number of carbonyl (C=O) groups is 4. The van der Waals surface area contributed by atoms with Crippen molar-refractivity contribution in [2.75, 3.05) is 38.2 Å². The summed E-state index contributed by atoms with van der Waals surface area (Å²) >= 11 is 0. The summed E-state index contributed by atoms with van der Waals surface area (Å²) in [5.74, 6) is -0.631. The fourth-order valence-corrected chi connectivity index (χ4v) is 4.15. The zero-order chi connectivity index (χ0) is 20.7. The van der Waals surface area contributed by atoms with Gasteiger partial charge in [-0.3, -0.25) is 19.7 Å². The molecule has 2 fully saturated rings. The third-order valence-electron chi connectivity index (χ3n) is 5.71. The molecule has 1 unspecified atom stereocenters. The summed E-state index contributed by atoms with van der Waals surface area (Å²) in [5.41, 5.74) is 2.04. The summed E-state index contributed by atoms with van der Waals surface area (Å²) in [4.78, 5) is 52.7. The first-order chi connectivity index (χ1) is 13.9. The maximum absolute atomic E-state index is 13.0. The lowest BCUT2D eigenvalue weighted by Crippen LogP contribution is -2.52. The molecule has 29 heavy (non-hydrogen) atoms. The van der Waals surface area contributed by atoms with E-state index in [2.05, 4.69) is 10.2 Å². The molecule has 2 saturated heterocycles. The lowest BCUT2D eigenvalue weighted by Gasteiger charge is -2.35.